The molecule has 0 aliphatic carbocycles. The molecule has 16 heavy (non-hydrogen) atoms. The van der Waals surface area contributed by atoms with E-state index in [-0.39, 0.29) is 6.42 Å². The quantitative estimate of drug-likeness (QED) is 0.832. The van der Waals surface area contributed by atoms with Crippen molar-refractivity contribution in [2.75, 3.05) is 11.9 Å². The van der Waals surface area contributed by atoms with Gasteiger partial charge < -0.3 is 10.0 Å². The average Bonchev–Trinajstić information content (AvgIpc) is 2.72. The van der Waals surface area contributed by atoms with E-state index in [1.165, 1.54) is 0 Å². The van der Waals surface area contributed by atoms with Crippen molar-refractivity contribution in [2.24, 2.45) is 0 Å². The van der Waals surface area contributed by atoms with Gasteiger partial charge in [-0.15, -0.1) is 11.3 Å². The zero-order valence-electron chi connectivity index (χ0n) is 9.93. The van der Waals surface area contributed by atoms with E-state index in [9.17, 15) is 4.79 Å². The second-order valence-electron chi connectivity index (χ2n) is 3.88. The maximum Gasteiger partial charge on any atom is 0.303 e. The van der Waals surface area contributed by atoms with E-state index < -0.39 is 5.97 Å². The van der Waals surface area contributed by atoms with Gasteiger partial charge in [0.25, 0.3) is 0 Å². The molecule has 0 spiro atoms. The molecule has 0 aliphatic rings. The Bertz CT molecular complexity index is 352. The van der Waals surface area contributed by atoms with Gasteiger partial charge in [0.05, 0.1) is 12.1 Å². The van der Waals surface area contributed by atoms with Crippen LogP contribution in [-0.2, 0) is 11.2 Å². The standard InChI is InChI=1S/C11H18N2O2S/c1-4-8(2)13(3)11-12-9(7-16-11)5-6-10(14)15/h7-8H,4-6H2,1-3H3,(H,14,15). The van der Waals surface area contributed by atoms with E-state index in [0.717, 1.165) is 17.2 Å². The molecule has 1 N–H and O–H groups in total. The van der Waals surface area contributed by atoms with Crippen LogP contribution in [0.2, 0.25) is 0 Å². The fourth-order valence-corrected chi connectivity index (χ4v) is 2.20. The van der Waals surface area contributed by atoms with Gasteiger partial charge in [0.15, 0.2) is 5.13 Å². The molecule has 1 heterocycles. The average molecular weight is 242 g/mol. The van der Waals surface area contributed by atoms with Gasteiger partial charge in [-0.3, -0.25) is 4.79 Å². The number of rotatable bonds is 6. The predicted octanol–water partition coefficient (Wildman–Crippen LogP) is 2.39. The first-order valence-corrected chi connectivity index (χ1v) is 6.31. The summed E-state index contributed by atoms with van der Waals surface area (Å²) in [5.74, 6) is -0.773. The fourth-order valence-electron chi connectivity index (χ4n) is 1.27. The van der Waals surface area contributed by atoms with Crippen LogP contribution in [0.5, 0.6) is 0 Å². The summed E-state index contributed by atoms with van der Waals surface area (Å²) < 4.78 is 0. The first-order valence-electron chi connectivity index (χ1n) is 5.43. The van der Waals surface area contributed by atoms with Crippen molar-refractivity contribution in [3.8, 4) is 0 Å². The van der Waals surface area contributed by atoms with Crippen LogP contribution < -0.4 is 4.90 Å². The predicted molar refractivity (Wildman–Crippen MR) is 66.2 cm³/mol. The summed E-state index contributed by atoms with van der Waals surface area (Å²) in [5, 5.41) is 11.5. The first kappa shape index (κ1) is 13.0. The number of hydrogen-bond donors (Lipinski definition) is 1. The number of aryl methyl sites for hydroxylation is 1. The van der Waals surface area contributed by atoms with Crippen molar-refractivity contribution in [1.82, 2.24) is 4.98 Å². The van der Waals surface area contributed by atoms with Crippen LogP contribution in [0.15, 0.2) is 5.38 Å². The Morgan fingerprint density at radius 2 is 2.38 bits per heavy atom. The second kappa shape index (κ2) is 5.84. The summed E-state index contributed by atoms with van der Waals surface area (Å²) in [6.07, 6.45) is 1.73. The number of carboxylic acids is 1. The molecule has 0 saturated carbocycles. The molecule has 5 heteroatoms. The molecule has 0 amide bonds. The Hall–Kier alpha value is -1.10. The molecule has 0 aromatic carbocycles. The molecule has 1 rings (SSSR count). The summed E-state index contributed by atoms with van der Waals surface area (Å²) in [6, 6.07) is 0.457. The fraction of sp³-hybridized carbons (Fsp3) is 0.636. The molecule has 0 bridgehead atoms. The highest BCUT2D eigenvalue weighted by Crippen LogP contribution is 2.22. The number of aliphatic carboxylic acids is 1. The van der Waals surface area contributed by atoms with E-state index >= 15 is 0 Å². The van der Waals surface area contributed by atoms with E-state index in [1.807, 2.05) is 12.4 Å². The van der Waals surface area contributed by atoms with E-state index in [4.69, 9.17) is 5.11 Å². The van der Waals surface area contributed by atoms with Crippen LogP contribution in [0.4, 0.5) is 5.13 Å². The number of carbonyl (C=O) groups is 1. The van der Waals surface area contributed by atoms with Crippen LogP contribution in [0.25, 0.3) is 0 Å². The number of carboxylic acid groups (broad SMARTS) is 1. The lowest BCUT2D eigenvalue weighted by Crippen LogP contribution is -2.27. The molecule has 0 radical (unpaired) electrons. The molecule has 0 aliphatic heterocycles. The topological polar surface area (TPSA) is 53.4 Å². The Kier molecular flexibility index (Phi) is 4.73. The van der Waals surface area contributed by atoms with E-state index in [0.29, 0.717) is 12.5 Å². The van der Waals surface area contributed by atoms with Gasteiger partial charge in [0.1, 0.15) is 0 Å². The molecule has 1 atom stereocenters. The van der Waals surface area contributed by atoms with Gasteiger partial charge in [-0.2, -0.15) is 0 Å². The largest absolute Gasteiger partial charge is 0.481 e. The third-order valence-electron chi connectivity index (χ3n) is 2.69. The first-order chi connectivity index (χ1) is 7.54. The molecule has 4 nitrogen and oxygen atoms in total. The molecule has 0 fully saturated rings. The normalized spacial score (nSPS) is 12.4. The molecular weight excluding hydrogens is 224 g/mol. The third-order valence-corrected chi connectivity index (χ3v) is 3.67. The molecule has 90 valence electrons. The summed E-state index contributed by atoms with van der Waals surface area (Å²) in [5.41, 5.74) is 0.873. The molecule has 0 saturated heterocycles. The number of anilines is 1. The minimum Gasteiger partial charge on any atom is -0.481 e. The molecule has 1 aromatic heterocycles. The lowest BCUT2D eigenvalue weighted by molar-refractivity contribution is -0.136. The highest BCUT2D eigenvalue weighted by Gasteiger charge is 2.12. The van der Waals surface area contributed by atoms with Gasteiger partial charge in [-0.25, -0.2) is 4.98 Å². The van der Waals surface area contributed by atoms with Crippen molar-refractivity contribution < 1.29 is 9.90 Å². The maximum atomic E-state index is 10.4. The zero-order chi connectivity index (χ0) is 12.1. The minimum atomic E-state index is -0.773. The Labute approximate surface area is 99.9 Å². The Morgan fingerprint density at radius 1 is 1.69 bits per heavy atom. The van der Waals surface area contributed by atoms with Gasteiger partial charge in [-0.1, -0.05) is 6.92 Å². The van der Waals surface area contributed by atoms with Crippen LogP contribution in [-0.4, -0.2) is 29.1 Å². The second-order valence-corrected chi connectivity index (χ2v) is 4.72. The van der Waals surface area contributed by atoms with Crippen molar-refractivity contribution in [3.05, 3.63) is 11.1 Å². The highest BCUT2D eigenvalue weighted by atomic mass is 32.1. The van der Waals surface area contributed by atoms with Gasteiger partial charge >= 0.3 is 5.97 Å². The van der Waals surface area contributed by atoms with Crippen LogP contribution in [0.3, 0.4) is 0 Å². The van der Waals surface area contributed by atoms with E-state index in [2.05, 4.69) is 23.7 Å². The van der Waals surface area contributed by atoms with Gasteiger partial charge in [0.2, 0.25) is 0 Å². The summed E-state index contributed by atoms with van der Waals surface area (Å²) in [4.78, 5) is 17.0. The lowest BCUT2D eigenvalue weighted by atomic mass is 10.2. The molecule has 1 aromatic rings. The van der Waals surface area contributed by atoms with Crippen molar-refractivity contribution in [2.45, 2.75) is 39.2 Å². The molecular formula is C11H18N2O2S. The van der Waals surface area contributed by atoms with Gasteiger partial charge in [-0.05, 0) is 13.3 Å². The van der Waals surface area contributed by atoms with Crippen LogP contribution in [0, 0.1) is 0 Å². The lowest BCUT2D eigenvalue weighted by Gasteiger charge is -2.22. The molecule has 1 unspecified atom stereocenters. The smallest absolute Gasteiger partial charge is 0.303 e. The van der Waals surface area contributed by atoms with E-state index in [1.54, 1.807) is 11.3 Å². The Balaban J connectivity index is 2.60. The highest BCUT2D eigenvalue weighted by molar-refractivity contribution is 7.13. The monoisotopic (exact) mass is 242 g/mol. The summed E-state index contributed by atoms with van der Waals surface area (Å²) in [6.45, 7) is 4.29. The number of hydrogen-bond acceptors (Lipinski definition) is 4. The number of aromatic nitrogens is 1. The summed E-state index contributed by atoms with van der Waals surface area (Å²) >= 11 is 1.57. The number of thiazole rings is 1. The Morgan fingerprint density at radius 3 is 2.94 bits per heavy atom. The zero-order valence-corrected chi connectivity index (χ0v) is 10.8. The van der Waals surface area contributed by atoms with Gasteiger partial charge in [0, 0.05) is 24.9 Å². The minimum absolute atomic E-state index is 0.149. The van der Waals surface area contributed by atoms with Crippen LogP contribution in [0.1, 0.15) is 32.4 Å². The van der Waals surface area contributed by atoms with Crippen molar-refractivity contribution >= 4 is 22.4 Å². The number of nitrogens with zero attached hydrogens (tertiary/aromatic N) is 2. The van der Waals surface area contributed by atoms with Crippen molar-refractivity contribution in [1.29, 1.82) is 0 Å². The third kappa shape index (κ3) is 3.48. The SMILES string of the molecule is CCC(C)N(C)c1nc(CCC(=O)O)cs1. The van der Waals surface area contributed by atoms with Crippen molar-refractivity contribution in [3.63, 3.8) is 0 Å². The maximum absolute atomic E-state index is 10.4. The summed E-state index contributed by atoms with van der Waals surface area (Å²) in [7, 11) is 2.02. The van der Waals surface area contributed by atoms with Crippen LogP contribution >= 0.6 is 11.3 Å².